The molecular weight excluding hydrogens is 393 g/mol. The summed E-state index contributed by atoms with van der Waals surface area (Å²) >= 11 is 0. The van der Waals surface area contributed by atoms with Gasteiger partial charge in [0.05, 0.1) is 24.1 Å². The molecule has 0 unspecified atom stereocenters. The van der Waals surface area contributed by atoms with Crippen LogP contribution in [0, 0.1) is 5.82 Å². The highest BCUT2D eigenvalue weighted by molar-refractivity contribution is 5.89. The molecule has 0 atom stereocenters. The Morgan fingerprint density at radius 2 is 1.84 bits per heavy atom. The van der Waals surface area contributed by atoms with E-state index in [0.717, 1.165) is 55.7 Å². The highest BCUT2D eigenvalue weighted by Crippen LogP contribution is 2.29. The van der Waals surface area contributed by atoms with Crippen molar-refractivity contribution in [2.75, 3.05) is 26.2 Å². The van der Waals surface area contributed by atoms with Gasteiger partial charge in [-0.3, -0.25) is 5.10 Å². The first-order chi connectivity index (χ1) is 15.1. The minimum atomic E-state index is -0.261. The molecule has 4 rings (SSSR count). The maximum absolute atomic E-state index is 13.2. The van der Waals surface area contributed by atoms with E-state index in [1.165, 1.54) is 17.7 Å². The van der Waals surface area contributed by atoms with Crippen LogP contribution in [0.1, 0.15) is 47.2 Å². The first-order valence-corrected chi connectivity index (χ1v) is 10.9. The van der Waals surface area contributed by atoms with Crippen molar-refractivity contribution in [3.8, 4) is 11.3 Å². The number of piperidine rings is 1. The van der Waals surface area contributed by atoms with E-state index in [4.69, 9.17) is 4.74 Å². The fourth-order valence-electron chi connectivity index (χ4n) is 4.24. The summed E-state index contributed by atoms with van der Waals surface area (Å²) < 4.78 is 18.3. The number of nitrogens with one attached hydrogen (secondary N) is 1. The Balaban J connectivity index is 1.29. The molecule has 1 fully saturated rings. The van der Waals surface area contributed by atoms with E-state index in [9.17, 15) is 9.18 Å². The van der Waals surface area contributed by atoms with Crippen molar-refractivity contribution in [3.63, 3.8) is 0 Å². The highest BCUT2D eigenvalue weighted by Gasteiger charge is 2.21. The highest BCUT2D eigenvalue weighted by atomic mass is 19.1. The third-order valence-electron chi connectivity index (χ3n) is 6.03. The van der Waals surface area contributed by atoms with Gasteiger partial charge < -0.3 is 9.64 Å². The molecule has 0 radical (unpaired) electrons. The molecule has 3 aromatic rings. The number of H-pyrrole nitrogens is 1. The lowest BCUT2D eigenvalue weighted by Gasteiger charge is -2.32. The van der Waals surface area contributed by atoms with Gasteiger partial charge in [-0.15, -0.1) is 0 Å². The maximum atomic E-state index is 13.2. The Bertz CT molecular complexity index is 990. The zero-order chi connectivity index (χ0) is 21.6. The van der Waals surface area contributed by atoms with Crippen molar-refractivity contribution in [3.05, 3.63) is 77.2 Å². The van der Waals surface area contributed by atoms with Crippen LogP contribution in [0.2, 0.25) is 0 Å². The van der Waals surface area contributed by atoms with Crippen molar-refractivity contribution in [1.82, 2.24) is 15.1 Å². The first-order valence-electron chi connectivity index (χ1n) is 10.9. The summed E-state index contributed by atoms with van der Waals surface area (Å²) in [4.78, 5) is 14.3. The second-order valence-electron chi connectivity index (χ2n) is 7.99. The number of aromatic nitrogens is 2. The number of nitrogens with zero attached hydrogens (tertiary/aromatic N) is 2. The predicted molar refractivity (Wildman–Crippen MR) is 118 cm³/mol. The van der Waals surface area contributed by atoms with Gasteiger partial charge in [0.25, 0.3) is 0 Å². The fraction of sp³-hybridized carbons (Fsp3) is 0.360. The molecule has 1 aliphatic heterocycles. The first kappa shape index (κ1) is 21.2. The maximum Gasteiger partial charge on any atom is 0.338 e. The van der Waals surface area contributed by atoms with Gasteiger partial charge >= 0.3 is 5.97 Å². The third kappa shape index (κ3) is 5.20. The van der Waals surface area contributed by atoms with Crippen molar-refractivity contribution < 1.29 is 13.9 Å². The number of ether oxygens (including phenoxy) is 1. The molecule has 1 aromatic heterocycles. The van der Waals surface area contributed by atoms with Crippen molar-refractivity contribution in [2.24, 2.45) is 0 Å². The number of likely N-dealkylation sites (tertiary alicyclic amines) is 1. The van der Waals surface area contributed by atoms with Gasteiger partial charge in [-0.05, 0) is 92.7 Å². The number of rotatable bonds is 7. The zero-order valence-electron chi connectivity index (χ0n) is 17.8. The van der Waals surface area contributed by atoms with E-state index in [0.29, 0.717) is 18.1 Å². The smallest absolute Gasteiger partial charge is 0.338 e. The number of hydrogen-bond acceptors (Lipinski definition) is 4. The van der Waals surface area contributed by atoms with Crippen molar-refractivity contribution in [2.45, 2.75) is 32.1 Å². The van der Waals surface area contributed by atoms with E-state index in [1.54, 1.807) is 12.1 Å². The Hall–Kier alpha value is -2.99. The summed E-state index contributed by atoms with van der Waals surface area (Å²) in [6.07, 6.45) is 4.99. The second-order valence-corrected chi connectivity index (χ2v) is 7.99. The summed E-state index contributed by atoms with van der Waals surface area (Å²) in [7, 11) is 0. The summed E-state index contributed by atoms with van der Waals surface area (Å²) in [6.45, 7) is 5.28. The normalized spacial score (nSPS) is 15.2. The monoisotopic (exact) mass is 421 g/mol. The molecule has 1 aliphatic rings. The lowest BCUT2D eigenvalue weighted by Crippen LogP contribution is -2.34. The fourth-order valence-corrected chi connectivity index (χ4v) is 4.24. The quantitative estimate of drug-likeness (QED) is 0.556. The van der Waals surface area contributed by atoms with Gasteiger partial charge in [0.2, 0.25) is 0 Å². The summed E-state index contributed by atoms with van der Waals surface area (Å²) in [5, 5.41) is 7.25. The number of esters is 1. The van der Waals surface area contributed by atoms with Crippen LogP contribution in [0.25, 0.3) is 11.3 Å². The Labute approximate surface area is 182 Å². The molecule has 5 nitrogen and oxygen atoms in total. The van der Waals surface area contributed by atoms with E-state index in [2.05, 4.69) is 27.2 Å². The largest absolute Gasteiger partial charge is 0.462 e. The minimum Gasteiger partial charge on any atom is -0.462 e. The molecule has 0 amide bonds. The molecule has 2 heterocycles. The van der Waals surface area contributed by atoms with Gasteiger partial charge in [-0.25, -0.2) is 9.18 Å². The Morgan fingerprint density at radius 1 is 1.13 bits per heavy atom. The number of halogens is 1. The molecule has 31 heavy (non-hydrogen) atoms. The van der Waals surface area contributed by atoms with Gasteiger partial charge in [-0.2, -0.15) is 5.10 Å². The second kappa shape index (κ2) is 9.88. The van der Waals surface area contributed by atoms with Gasteiger partial charge in [0, 0.05) is 12.1 Å². The standard InChI is InChI=1S/C25H28FN3O2/c1-2-31-25(30)21-5-3-18(4-6-21)19-11-14-29(15-12-19)16-13-22-17-27-28-24(22)20-7-9-23(26)10-8-20/h3-10,17,19H,2,11-16H2,1H3,(H,27,28). The van der Waals surface area contributed by atoms with Crippen LogP contribution in [0.5, 0.6) is 0 Å². The SMILES string of the molecule is CCOC(=O)c1ccc(C2CCN(CCc3cn[nH]c3-c3ccc(F)cc3)CC2)cc1. The molecule has 0 aliphatic carbocycles. The average Bonchev–Trinajstić information content (AvgIpc) is 3.27. The number of carbonyl (C=O) groups is 1. The van der Waals surface area contributed by atoms with Crippen molar-refractivity contribution in [1.29, 1.82) is 0 Å². The molecule has 0 spiro atoms. The molecule has 1 saturated heterocycles. The van der Waals surface area contributed by atoms with Crippen LogP contribution < -0.4 is 0 Å². The van der Waals surface area contributed by atoms with Crippen LogP contribution >= 0.6 is 0 Å². The molecule has 162 valence electrons. The molecule has 0 bridgehead atoms. The lowest BCUT2D eigenvalue weighted by molar-refractivity contribution is 0.0526. The number of benzene rings is 2. The predicted octanol–water partition coefficient (Wildman–Crippen LogP) is 4.81. The van der Waals surface area contributed by atoms with Crippen LogP contribution in [0.4, 0.5) is 4.39 Å². The summed E-state index contributed by atoms with van der Waals surface area (Å²) in [6, 6.07) is 14.4. The summed E-state index contributed by atoms with van der Waals surface area (Å²) in [5.74, 6) is 0.0301. The van der Waals surface area contributed by atoms with E-state index >= 15 is 0 Å². The zero-order valence-corrected chi connectivity index (χ0v) is 17.8. The van der Waals surface area contributed by atoms with Crippen molar-refractivity contribution >= 4 is 5.97 Å². The van der Waals surface area contributed by atoms with Crippen LogP contribution in [-0.4, -0.2) is 47.3 Å². The Kier molecular flexibility index (Phi) is 6.77. The van der Waals surface area contributed by atoms with E-state index in [1.807, 2.05) is 25.3 Å². The third-order valence-corrected chi connectivity index (χ3v) is 6.03. The average molecular weight is 422 g/mol. The molecular formula is C25H28FN3O2. The molecule has 1 N–H and O–H groups in total. The molecule has 2 aromatic carbocycles. The lowest BCUT2D eigenvalue weighted by atomic mass is 9.89. The van der Waals surface area contributed by atoms with Crippen LogP contribution in [0.3, 0.4) is 0 Å². The van der Waals surface area contributed by atoms with Gasteiger partial charge in [-0.1, -0.05) is 12.1 Å². The van der Waals surface area contributed by atoms with Crippen LogP contribution in [0.15, 0.2) is 54.7 Å². The minimum absolute atomic E-state index is 0.233. The molecule has 6 heteroatoms. The van der Waals surface area contributed by atoms with Gasteiger partial charge in [0.1, 0.15) is 5.82 Å². The van der Waals surface area contributed by atoms with Gasteiger partial charge in [0.15, 0.2) is 0 Å². The molecule has 0 saturated carbocycles. The van der Waals surface area contributed by atoms with E-state index < -0.39 is 0 Å². The van der Waals surface area contributed by atoms with E-state index in [-0.39, 0.29) is 11.8 Å². The Morgan fingerprint density at radius 3 is 2.52 bits per heavy atom. The van der Waals surface area contributed by atoms with Crippen LogP contribution in [-0.2, 0) is 11.2 Å². The summed E-state index contributed by atoms with van der Waals surface area (Å²) in [5.41, 5.74) is 4.99. The topological polar surface area (TPSA) is 58.2 Å². The number of hydrogen-bond donors (Lipinski definition) is 1. The number of carbonyl (C=O) groups excluding carboxylic acids is 1. The number of aromatic amines is 1.